The second-order valence-electron chi connectivity index (χ2n) is 4.41. The number of H-pyrrole nitrogens is 1. The van der Waals surface area contributed by atoms with Crippen molar-refractivity contribution >= 4 is 0 Å². The minimum absolute atomic E-state index is 0.759. The van der Waals surface area contributed by atoms with Crippen LogP contribution in [0.25, 0.3) is 22.5 Å². The average Bonchev–Trinajstić information content (AvgIpc) is 2.97. The van der Waals surface area contributed by atoms with Crippen LogP contribution in [0.2, 0.25) is 0 Å². The Balaban J connectivity index is 2.00. The lowest BCUT2D eigenvalue weighted by Crippen LogP contribution is -1.84. The van der Waals surface area contributed by atoms with Crippen LogP contribution in [0.15, 0.2) is 54.6 Å². The summed E-state index contributed by atoms with van der Waals surface area (Å²) in [5.41, 5.74) is 3.42. The molecule has 2 aromatic carbocycles. The summed E-state index contributed by atoms with van der Waals surface area (Å²) in [5, 5.41) is 7.21. The molecule has 0 bridgehead atoms. The van der Waals surface area contributed by atoms with E-state index in [1.54, 1.807) is 0 Å². The third-order valence-electron chi connectivity index (χ3n) is 3.09. The van der Waals surface area contributed by atoms with Crippen molar-refractivity contribution in [1.29, 1.82) is 0 Å². The van der Waals surface area contributed by atoms with Crippen molar-refractivity contribution in [2.24, 2.45) is 0 Å². The lowest BCUT2D eigenvalue weighted by molar-refractivity contribution is 0.946. The summed E-state index contributed by atoms with van der Waals surface area (Å²) in [6.07, 6.45) is 0.866. The molecule has 3 rings (SSSR count). The second kappa shape index (κ2) is 5.06. The van der Waals surface area contributed by atoms with Crippen molar-refractivity contribution in [1.82, 2.24) is 15.2 Å². The standard InChI is InChI=1S/C16H15N3/c1-2-15-17-16(19-18-15)14-10-6-9-13(11-14)12-7-4-3-5-8-12/h3-11H,2H2,1H3,(H,17,18,19). The molecule has 0 saturated carbocycles. The van der Waals surface area contributed by atoms with Gasteiger partial charge in [0.15, 0.2) is 5.82 Å². The first kappa shape index (κ1) is 11.7. The van der Waals surface area contributed by atoms with E-state index < -0.39 is 0 Å². The molecule has 1 heterocycles. The maximum atomic E-state index is 4.47. The van der Waals surface area contributed by atoms with Gasteiger partial charge >= 0.3 is 0 Å². The largest absolute Gasteiger partial charge is 0.263 e. The quantitative estimate of drug-likeness (QED) is 0.769. The first-order chi connectivity index (χ1) is 9.36. The molecule has 3 heteroatoms. The highest BCUT2D eigenvalue weighted by Crippen LogP contribution is 2.24. The zero-order chi connectivity index (χ0) is 13.1. The van der Waals surface area contributed by atoms with Gasteiger partial charge in [-0.3, -0.25) is 5.10 Å². The van der Waals surface area contributed by atoms with Gasteiger partial charge in [0.1, 0.15) is 5.82 Å². The number of nitrogens with zero attached hydrogens (tertiary/aromatic N) is 2. The normalized spacial score (nSPS) is 10.6. The van der Waals surface area contributed by atoms with Crippen LogP contribution in [-0.4, -0.2) is 15.2 Å². The van der Waals surface area contributed by atoms with E-state index in [2.05, 4.69) is 46.4 Å². The maximum Gasteiger partial charge on any atom is 0.181 e. The van der Waals surface area contributed by atoms with Crippen LogP contribution < -0.4 is 0 Å². The van der Waals surface area contributed by atoms with Crippen molar-refractivity contribution in [3.8, 4) is 22.5 Å². The van der Waals surface area contributed by atoms with E-state index in [1.807, 2.05) is 30.3 Å². The smallest absolute Gasteiger partial charge is 0.181 e. The van der Waals surface area contributed by atoms with Gasteiger partial charge in [0.25, 0.3) is 0 Å². The summed E-state index contributed by atoms with van der Waals surface area (Å²) >= 11 is 0. The van der Waals surface area contributed by atoms with Crippen LogP contribution in [0.5, 0.6) is 0 Å². The molecule has 0 aliphatic heterocycles. The molecule has 1 N–H and O–H groups in total. The van der Waals surface area contributed by atoms with Gasteiger partial charge in [0, 0.05) is 12.0 Å². The highest BCUT2D eigenvalue weighted by molar-refractivity contribution is 5.69. The Hall–Kier alpha value is -2.42. The molecule has 94 valence electrons. The SMILES string of the molecule is CCc1nc(-c2cccc(-c3ccccc3)c2)n[nH]1. The van der Waals surface area contributed by atoms with Crippen molar-refractivity contribution in [3.63, 3.8) is 0 Å². The Morgan fingerprint density at radius 3 is 2.37 bits per heavy atom. The molecule has 0 saturated heterocycles. The summed E-state index contributed by atoms with van der Waals surface area (Å²) < 4.78 is 0. The Bertz CT molecular complexity index is 671. The van der Waals surface area contributed by atoms with Gasteiger partial charge < -0.3 is 0 Å². The number of hydrogen-bond donors (Lipinski definition) is 1. The molecular formula is C16H15N3. The predicted molar refractivity (Wildman–Crippen MR) is 76.6 cm³/mol. The number of aromatic amines is 1. The van der Waals surface area contributed by atoms with E-state index in [9.17, 15) is 0 Å². The van der Waals surface area contributed by atoms with E-state index in [0.29, 0.717) is 0 Å². The van der Waals surface area contributed by atoms with Gasteiger partial charge in [-0.15, -0.1) is 0 Å². The minimum atomic E-state index is 0.759. The number of hydrogen-bond acceptors (Lipinski definition) is 2. The Kier molecular flexibility index (Phi) is 3.11. The van der Waals surface area contributed by atoms with Gasteiger partial charge in [0.2, 0.25) is 0 Å². The fraction of sp³-hybridized carbons (Fsp3) is 0.125. The summed E-state index contributed by atoms with van der Waals surface area (Å²) in [5.74, 6) is 1.68. The first-order valence-electron chi connectivity index (χ1n) is 6.44. The van der Waals surface area contributed by atoms with Gasteiger partial charge in [-0.25, -0.2) is 4.98 Å². The molecule has 3 aromatic rings. The number of aryl methyl sites for hydroxylation is 1. The van der Waals surface area contributed by atoms with Gasteiger partial charge in [-0.1, -0.05) is 55.5 Å². The van der Waals surface area contributed by atoms with E-state index >= 15 is 0 Å². The van der Waals surface area contributed by atoms with E-state index in [-0.39, 0.29) is 0 Å². The zero-order valence-corrected chi connectivity index (χ0v) is 10.8. The molecule has 1 aromatic heterocycles. The first-order valence-corrected chi connectivity index (χ1v) is 6.44. The highest BCUT2D eigenvalue weighted by atomic mass is 15.2. The summed E-state index contributed by atoms with van der Waals surface area (Å²) in [7, 11) is 0. The van der Waals surface area contributed by atoms with Crippen molar-refractivity contribution in [2.75, 3.05) is 0 Å². The predicted octanol–water partition coefficient (Wildman–Crippen LogP) is 3.70. The molecule has 0 fully saturated rings. The summed E-state index contributed by atoms with van der Waals surface area (Å²) in [6, 6.07) is 18.6. The van der Waals surface area contributed by atoms with Crippen LogP contribution in [0.1, 0.15) is 12.7 Å². The minimum Gasteiger partial charge on any atom is -0.263 e. The zero-order valence-electron chi connectivity index (χ0n) is 10.8. The Morgan fingerprint density at radius 1 is 0.895 bits per heavy atom. The van der Waals surface area contributed by atoms with Gasteiger partial charge in [-0.2, -0.15) is 5.10 Å². The lowest BCUT2D eigenvalue weighted by Gasteiger charge is -2.03. The number of benzene rings is 2. The van der Waals surface area contributed by atoms with Crippen LogP contribution in [0, 0.1) is 0 Å². The summed E-state index contributed by atoms with van der Waals surface area (Å²) in [4.78, 5) is 4.47. The molecule has 19 heavy (non-hydrogen) atoms. The van der Waals surface area contributed by atoms with Crippen LogP contribution in [0.3, 0.4) is 0 Å². The molecule has 0 unspecified atom stereocenters. The third kappa shape index (κ3) is 2.40. The lowest BCUT2D eigenvalue weighted by atomic mass is 10.0. The molecule has 0 radical (unpaired) electrons. The molecular weight excluding hydrogens is 234 g/mol. The number of rotatable bonds is 3. The Labute approximate surface area is 112 Å². The fourth-order valence-electron chi connectivity index (χ4n) is 2.05. The highest BCUT2D eigenvalue weighted by Gasteiger charge is 2.06. The van der Waals surface area contributed by atoms with E-state index in [0.717, 1.165) is 23.6 Å². The van der Waals surface area contributed by atoms with E-state index in [4.69, 9.17) is 0 Å². The average molecular weight is 249 g/mol. The monoisotopic (exact) mass is 249 g/mol. The van der Waals surface area contributed by atoms with Gasteiger partial charge in [0.05, 0.1) is 0 Å². The van der Waals surface area contributed by atoms with Crippen LogP contribution >= 0.6 is 0 Å². The van der Waals surface area contributed by atoms with Crippen molar-refractivity contribution in [3.05, 3.63) is 60.4 Å². The molecule has 0 aliphatic carbocycles. The number of aromatic nitrogens is 3. The molecule has 0 spiro atoms. The summed E-state index contributed by atoms with van der Waals surface area (Å²) in [6.45, 7) is 2.06. The fourth-order valence-corrected chi connectivity index (χ4v) is 2.05. The molecule has 3 nitrogen and oxygen atoms in total. The van der Waals surface area contributed by atoms with Crippen LogP contribution in [-0.2, 0) is 6.42 Å². The van der Waals surface area contributed by atoms with Gasteiger partial charge in [-0.05, 0) is 17.2 Å². The molecule has 0 aliphatic rings. The third-order valence-corrected chi connectivity index (χ3v) is 3.09. The molecule has 0 amide bonds. The Morgan fingerprint density at radius 2 is 1.63 bits per heavy atom. The second-order valence-corrected chi connectivity index (χ2v) is 4.41. The molecule has 0 atom stereocenters. The van der Waals surface area contributed by atoms with Crippen molar-refractivity contribution in [2.45, 2.75) is 13.3 Å². The maximum absolute atomic E-state index is 4.47. The van der Waals surface area contributed by atoms with Crippen molar-refractivity contribution < 1.29 is 0 Å². The van der Waals surface area contributed by atoms with E-state index in [1.165, 1.54) is 11.1 Å². The topological polar surface area (TPSA) is 41.6 Å². The van der Waals surface area contributed by atoms with Crippen LogP contribution in [0.4, 0.5) is 0 Å². The number of nitrogens with one attached hydrogen (secondary N) is 1.